The molecule has 0 aliphatic rings. The average molecular weight is 269 g/mol. The molecule has 0 fully saturated rings. The van der Waals surface area contributed by atoms with Crippen LogP contribution in [0.1, 0.15) is 17.5 Å². The summed E-state index contributed by atoms with van der Waals surface area (Å²) in [6.45, 7) is 4.01. The fraction of sp³-hybridized carbons (Fsp3) is 0.312. The third-order valence-electron chi connectivity index (χ3n) is 2.91. The van der Waals surface area contributed by atoms with Crippen molar-refractivity contribution in [3.8, 4) is 17.6 Å². The molecule has 1 aromatic carbocycles. The van der Waals surface area contributed by atoms with Crippen LogP contribution in [0, 0.1) is 18.8 Å². The van der Waals surface area contributed by atoms with Crippen LogP contribution in [0.15, 0.2) is 36.9 Å². The molecule has 1 heterocycles. The number of nitrogens with zero attached hydrogens (tertiary/aromatic N) is 2. The lowest BCUT2D eigenvalue weighted by Crippen LogP contribution is -2.03. The van der Waals surface area contributed by atoms with Crippen LogP contribution in [0.5, 0.6) is 5.75 Å². The predicted molar refractivity (Wildman–Crippen MR) is 79.5 cm³/mol. The van der Waals surface area contributed by atoms with Crippen LogP contribution in [-0.2, 0) is 6.54 Å². The normalized spacial score (nSPS) is 9.90. The van der Waals surface area contributed by atoms with Gasteiger partial charge in [-0.05, 0) is 37.1 Å². The molecule has 0 spiro atoms. The number of hydrogen-bond acceptors (Lipinski definition) is 3. The SMILES string of the molecule is Cc1cc(OCCCn2ccnc2)ccc1C#CCN. The van der Waals surface area contributed by atoms with Crippen LogP contribution in [0.3, 0.4) is 0 Å². The number of nitrogens with two attached hydrogens (primary N) is 1. The fourth-order valence-corrected chi connectivity index (χ4v) is 1.87. The monoisotopic (exact) mass is 269 g/mol. The number of aromatic nitrogens is 2. The van der Waals surface area contributed by atoms with Crippen molar-refractivity contribution in [1.29, 1.82) is 0 Å². The molecular formula is C16H19N3O. The van der Waals surface area contributed by atoms with Gasteiger partial charge in [0, 0.05) is 24.5 Å². The lowest BCUT2D eigenvalue weighted by Gasteiger charge is -2.08. The van der Waals surface area contributed by atoms with E-state index in [0.29, 0.717) is 13.2 Å². The van der Waals surface area contributed by atoms with E-state index in [-0.39, 0.29) is 0 Å². The first-order valence-electron chi connectivity index (χ1n) is 6.67. The molecule has 0 amide bonds. The number of ether oxygens (including phenoxy) is 1. The first kappa shape index (κ1) is 14.2. The second kappa shape index (κ2) is 7.37. The molecular weight excluding hydrogens is 250 g/mol. The summed E-state index contributed by atoms with van der Waals surface area (Å²) in [6, 6.07) is 5.94. The average Bonchev–Trinajstić information content (AvgIpc) is 2.96. The summed E-state index contributed by atoms with van der Waals surface area (Å²) in [5.41, 5.74) is 7.48. The molecule has 0 saturated heterocycles. The Morgan fingerprint density at radius 1 is 1.40 bits per heavy atom. The molecule has 0 saturated carbocycles. The summed E-state index contributed by atoms with van der Waals surface area (Å²) < 4.78 is 7.78. The molecule has 2 aromatic rings. The molecule has 1 aromatic heterocycles. The molecule has 20 heavy (non-hydrogen) atoms. The van der Waals surface area contributed by atoms with E-state index in [4.69, 9.17) is 10.5 Å². The van der Waals surface area contributed by atoms with Gasteiger partial charge in [0.15, 0.2) is 0 Å². The maximum Gasteiger partial charge on any atom is 0.119 e. The molecule has 4 heteroatoms. The van der Waals surface area contributed by atoms with E-state index < -0.39 is 0 Å². The van der Waals surface area contributed by atoms with Gasteiger partial charge in [0.2, 0.25) is 0 Å². The maximum absolute atomic E-state index is 5.74. The van der Waals surface area contributed by atoms with E-state index in [1.54, 1.807) is 6.20 Å². The number of imidazole rings is 1. The lowest BCUT2D eigenvalue weighted by molar-refractivity contribution is 0.301. The first-order valence-corrected chi connectivity index (χ1v) is 6.67. The zero-order valence-corrected chi connectivity index (χ0v) is 11.7. The minimum absolute atomic E-state index is 0.381. The highest BCUT2D eigenvalue weighted by Gasteiger charge is 1.99. The maximum atomic E-state index is 5.74. The van der Waals surface area contributed by atoms with Crippen molar-refractivity contribution >= 4 is 0 Å². The van der Waals surface area contributed by atoms with Crippen LogP contribution in [0.25, 0.3) is 0 Å². The Morgan fingerprint density at radius 2 is 2.30 bits per heavy atom. The predicted octanol–water partition coefficient (Wildman–Crippen LogP) is 1.97. The van der Waals surface area contributed by atoms with Crippen molar-refractivity contribution in [2.45, 2.75) is 19.9 Å². The van der Waals surface area contributed by atoms with Gasteiger partial charge in [-0.1, -0.05) is 11.8 Å². The van der Waals surface area contributed by atoms with E-state index in [0.717, 1.165) is 29.8 Å². The molecule has 4 nitrogen and oxygen atoms in total. The molecule has 0 unspecified atom stereocenters. The molecule has 0 bridgehead atoms. The van der Waals surface area contributed by atoms with Gasteiger partial charge in [0.25, 0.3) is 0 Å². The van der Waals surface area contributed by atoms with E-state index in [1.807, 2.05) is 42.2 Å². The van der Waals surface area contributed by atoms with Gasteiger partial charge in [-0.15, -0.1) is 0 Å². The summed E-state index contributed by atoms with van der Waals surface area (Å²) in [6.07, 6.45) is 6.50. The largest absolute Gasteiger partial charge is 0.494 e. The Morgan fingerprint density at radius 3 is 3.00 bits per heavy atom. The molecule has 0 radical (unpaired) electrons. The van der Waals surface area contributed by atoms with Crippen molar-refractivity contribution in [1.82, 2.24) is 9.55 Å². The van der Waals surface area contributed by atoms with Gasteiger partial charge in [-0.3, -0.25) is 0 Å². The van der Waals surface area contributed by atoms with Crippen LogP contribution >= 0.6 is 0 Å². The van der Waals surface area contributed by atoms with Crippen molar-refractivity contribution in [3.05, 3.63) is 48.0 Å². The molecule has 2 rings (SSSR count). The summed E-state index contributed by atoms with van der Waals surface area (Å²) >= 11 is 0. The van der Waals surface area contributed by atoms with Crippen molar-refractivity contribution in [3.63, 3.8) is 0 Å². The van der Waals surface area contributed by atoms with Gasteiger partial charge in [-0.25, -0.2) is 4.98 Å². The molecule has 104 valence electrons. The Kier molecular flexibility index (Phi) is 5.22. The quantitative estimate of drug-likeness (QED) is 0.667. The highest BCUT2D eigenvalue weighted by atomic mass is 16.5. The Hall–Kier alpha value is -2.25. The number of benzene rings is 1. The summed E-state index contributed by atoms with van der Waals surface area (Å²) in [5.74, 6) is 6.79. The highest BCUT2D eigenvalue weighted by molar-refractivity contribution is 5.44. The van der Waals surface area contributed by atoms with E-state index >= 15 is 0 Å². The lowest BCUT2D eigenvalue weighted by atomic mass is 10.1. The van der Waals surface area contributed by atoms with Crippen molar-refractivity contribution < 1.29 is 4.74 Å². The van der Waals surface area contributed by atoms with Gasteiger partial charge in [-0.2, -0.15) is 0 Å². The molecule has 0 atom stereocenters. The number of rotatable bonds is 5. The van der Waals surface area contributed by atoms with Gasteiger partial charge in [0.1, 0.15) is 5.75 Å². The molecule has 2 N–H and O–H groups in total. The van der Waals surface area contributed by atoms with E-state index in [9.17, 15) is 0 Å². The van der Waals surface area contributed by atoms with Gasteiger partial charge in [0.05, 0.1) is 19.5 Å². The van der Waals surface area contributed by atoms with Gasteiger partial charge >= 0.3 is 0 Å². The highest BCUT2D eigenvalue weighted by Crippen LogP contribution is 2.16. The van der Waals surface area contributed by atoms with Gasteiger partial charge < -0.3 is 15.0 Å². The van der Waals surface area contributed by atoms with Crippen LogP contribution in [0.4, 0.5) is 0 Å². The minimum Gasteiger partial charge on any atom is -0.494 e. The van der Waals surface area contributed by atoms with Crippen LogP contribution < -0.4 is 10.5 Å². The van der Waals surface area contributed by atoms with E-state index in [2.05, 4.69) is 16.8 Å². The second-order valence-corrected chi connectivity index (χ2v) is 4.49. The second-order valence-electron chi connectivity index (χ2n) is 4.49. The smallest absolute Gasteiger partial charge is 0.119 e. The number of aryl methyl sites for hydroxylation is 2. The first-order chi connectivity index (χ1) is 9.79. The molecule has 0 aliphatic carbocycles. The zero-order valence-electron chi connectivity index (χ0n) is 11.7. The van der Waals surface area contributed by atoms with Crippen LogP contribution in [0.2, 0.25) is 0 Å². The van der Waals surface area contributed by atoms with Crippen LogP contribution in [-0.4, -0.2) is 22.7 Å². The summed E-state index contributed by atoms with van der Waals surface area (Å²) in [7, 11) is 0. The van der Waals surface area contributed by atoms with Crippen molar-refractivity contribution in [2.24, 2.45) is 5.73 Å². The third kappa shape index (κ3) is 4.15. The standard InChI is InChI=1S/C16H19N3O/c1-14-12-16(6-5-15(14)4-2-7-17)20-11-3-9-19-10-8-18-13-19/h5-6,8,10,12-13H,3,7,9,11,17H2,1H3. The number of hydrogen-bond donors (Lipinski definition) is 1. The van der Waals surface area contributed by atoms with E-state index in [1.165, 1.54) is 0 Å². The Labute approximate surface area is 119 Å². The zero-order chi connectivity index (χ0) is 14.2. The summed E-state index contributed by atoms with van der Waals surface area (Å²) in [5, 5.41) is 0. The third-order valence-corrected chi connectivity index (χ3v) is 2.91. The Bertz CT molecular complexity index is 594. The Balaban J connectivity index is 1.82. The topological polar surface area (TPSA) is 53.1 Å². The summed E-state index contributed by atoms with van der Waals surface area (Å²) in [4.78, 5) is 4.01. The van der Waals surface area contributed by atoms with Crippen molar-refractivity contribution in [2.75, 3.05) is 13.2 Å². The minimum atomic E-state index is 0.381. The molecule has 0 aliphatic heterocycles. The fourth-order valence-electron chi connectivity index (χ4n) is 1.87.